The van der Waals surface area contributed by atoms with Crippen molar-refractivity contribution in [1.29, 1.82) is 0 Å². The molecule has 2 aromatic heterocycles. The zero-order valence-electron chi connectivity index (χ0n) is 15.4. The first-order valence-electron chi connectivity index (χ1n) is 8.13. The van der Waals surface area contributed by atoms with Gasteiger partial charge in [-0.25, -0.2) is 0 Å². The van der Waals surface area contributed by atoms with Crippen molar-refractivity contribution in [2.75, 3.05) is 12.4 Å². The van der Waals surface area contributed by atoms with Crippen LogP contribution in [0.2, 0.25) is 0 Å². The van der Waals surface area contributed by atoms with Crippen molar-refractivity contribution in [2.45, 2.75) is 33.1 Å². The number of nitrogens with one attached hydrogen (secondary N) is 1. The highest BCUT2D eigenvalue weighted by Crippen LogP contribution is 2.30. The average Bonchev–Trinajstić information content (AvgIpc) is 3.08. The Balaban J connectivity index is 1.93. The zero-order chi connectivity index (χ0) is 18.4. The molecule has 0 fully saturated rings. The van der Waals surface area contributed by atoms with Crippen LogP contribution < -0.4 is 10.1 Å². The monoisotopic (exact) mass is 341 g/mol. The number of rotatable bonds is 3. The summed E-state index contributed by atoms with van der Waals surface area (Å²) >= 11 is 0. The molecular weight excluding hydrogens is 318 g/mol. The molecular formula is C19H23N3O3. The highest BCUT2D eigenvalue weighted by atomic mass is 16.5. The Morgan fingerprint density at radius 2 is 2.00 bits per heavy atom. The minimum Gasteiger partial charge on any atom is -0.497 e. The summed E-state index contributed by atoms with van der Waals surface area (Å²) in [6.45, 7) is 8.11. The van der Waals surface area contributed by atoms with Gasteiger partial charge in [0.25, 0.3) is 5.91 Å². The standard InChI is InChI=1S/C19H23N3O3/c1-11-13-9-12(24-6)7-8-14(13)25-17(11)18(23)20-16-10-15(19(2,3)4)21-22(16)5/h7-10H,1-6H3,(H,20,23). The van der Waals surface area contributed by atoms with Crippen molar-refractivity contribution in [3.63, 3.8) is 0 Å². The van der Waals surface area contributed by atoms with E-state index >= 15 is 0 Å². The minimum absolute atomic E-state index is 0.0907. The van der Waals surface area contributed by atoms with E-state index in [9.17, 15) is 4.79 Å². The van der Waals surface area contributed by atoms with Crippen molar-refractivity contribution >= 4 is 22.7 Å². The molecule has 132 valence electrons. The number of methoxy groups -OCH3 is 1. The summed E-state index contributed by atoms with van der Waals surface area (Å²) in [5, 5.41) is 8.22. The SMILES string of the molecule is COc1ccc2oc(C(=O)Nc3cc(C(C)(C)C)nn3C)c(C)c2c1. The molecule has 0 saturated heterocycles. The van der Waals surface area contributed by atoms with Crippen LogP contribution in [-0.2, 0) is 12.5 Å². The summed E-state index contributed by atoms with van der Waals surface area (Å²) < 4.78 is 12.7. The van der Waals surface area contributed by atoms with Crippen LogP contribution in [-0.4, -0.2) is 22.8 Å². The minimum atomic E-state index is -0.295. The molecule has 1 N–H and O–H groups in total. The number of anilines is 1. The average molecular weight is 341 g/mol. The number of hydrogen-bond donors (Lipinski definition) is 1. The zero-order valence-corrected chi connectivity index (χ0v) is 15.4. The summed E-state index contributed by atoms with van der Waals surface area (Å²) in [5.41, 5.74) is 2.26. The maximum atomic E-state index is 12.7. The number of hydrogen-bond acceptors (Lipinski definition) is 4. The van der Waals surface area contributed by atoms with Gasteiger partial charge in [0.15, 0.2) is 5.76 Å². The van der Waals surface area contributed by atoms with E-state index in [1.165, 1.54) is 0 Å². The molecule has 25 heavy (non-hydrogen) atoms. The van der Waals surface area contributed by atoms with E-state index in [-0.39, 0.29) is 11.3 Å². The smallest absolute Gasteiger partial charge is 0.292 e. The van der Waals surface area contributed by atoms with Gasteiger partial charge in [-0.15, -0.1) is 0 Å². The molecule has 0 bridgehead atoms. The lowest BCUT2D eigenvalue weighted by Gasteiger charge is -2.13. The molecule has 0 unspecified atom stereocenters. The van der Waals surface area contributed by atoms with Gasteiger partial charge in [-0.1, -0.05) is 20.8 Å². The summed E-state index contributed by atoms with van der Waals surface area (Å²) in [6.07, 6.45) is 0. The first-order valence-corrected chi connectivity index (χ1v) is 8.13. The van der Waals surface area contributed by atoms with Crippen LogP contribution >= 0.6 is 0 Å². The molecule has 0 saturated carbocycles. The number of aryl methyl sites for hydroxylation is 2. The molecule has 0 atom stereocenters. The molecule has 1 aromatic carbocycles. The Labute approximate surface area is 146 Å². The molecule has 1 amide bonds. The number of furan rings is 1. The third-order valence-corrected chi connectivity index (χ3v) is 4.24. The first-order chi connectivity index (χ1) is 11.7. The van der Waals surface area contributed by atoms with Gasteiger partial charge in [0, 0.05) is 29.5 Å². The number of carbonyl (C=O) groups is 1. The van der Waals surface area contributed by atoms with E-state index in [0.29, 0.717) is 17.2 Å². The van der Waals surface area contributed by atoms with E-state index in [4.69, 9.17) is 9.15 Å². The third-order valence-electron chi connectivity index (χ3n) is 4.24. The number of aromatic nitrogens is 2. The maximum Gasteiger partial charge on any atom is 0.292 e. The van der Waals surface area contributed by atoms with Crippen molar-refractivity contribution in [1.82, 2.24) is 9.78 Å². The molecule has 3 aromatic rings. The van der Waals surface area contributed by atoms with E-state index < -0.39 is 0 Å². The van der Waals surface area contributed by atoms with Crippen LogP contribution in [0.5, 0.6) is 5.75 Å². The van der Waals surface area contributed by atoms with Crippen LogP contribution in [0, 0.1) is 6.92 Å². The maximum absolute atomic E-state index is 12.7. The number of ether oxygens (including phenoxy) is 1. The number of amides is 1. The van der Waals surface area contributed by atoms with Gasteiger partial charge in [0.2, 0.25) is 0 Å². The molecule has 0 spiro atoms. The van der Waals surface area contributed by atoms with Crippen LogP contribution in [0.25, 0.3) is 11.0 Å². The molecule has 6 nitrogen and oxygen atoms in total. The molecule has 6 heteroatoms. The van der Waals surface area contributed by atoms with E-state index in [1.54, 1.807) is 24.9 Å². The van der Waals surface area contributed by atoms with Gasteiger partial charge in [-0.3, -0.25) is 9.48 Å². The van der Waals surface area contributed by atoms with Gasteiger partial charge in [0.1, 0.15) is 17.2 Å². The second-order valence-corrected chi connectivity index (χ2v) is 7.16. The lowest BCUT2D eigenvalue weighted by Crippen LogP contribution is -2.14. The van der Waals surface area contributed by atoms with Gasteiger partial charge >= 0.3 is 0 Å². The Morgan fingerprint density at radius 3 is 2.60 bits per heavy atom. The first kappa shape index (κ1) is 17.1. The fraction of sp³-hybridized carbons (Fsp3) is 0.368. The molecule has 0 radical (unpaired) electrons. The highest BCUT2D eigenvalue weighted by Gasteiger charge is 2.22. The summed E-state index contributed by atoms with van der Waals surface area (Å²) in [4.78, 5) is 12.7. The lowest BCUT2D eigenvalue weighted by molar-refractivity contribution is 0.0997. The van der Waals surface area contributed by atoms with Crippen LogP contribution in [0.4, 0.5) is 5.82 Å². The topological polar surface area (TPSA) is 69.3 Å². The fourth-order valence-electron chi connectivity index (χ4n) is 2.67. The van der Waals surface area contributed by atoms with Crippen LogP contribution in [0.1, 0.15) is 42.6 Å². The quantitative estimate of drug-likeness (QED) is 0.781. The van der Waals surface area contributed by atoms with Crippen molar-refractivity contribution < 1.29 is 13.9 Å². The fourth-order valence-corrected chi connectivity index (χ4v) is 2.67. The number of carbonyl (C=O) groups excluding carboxylic acids is 1. The largest absolute Gasteiger partial charge is 0.497 e. The van der Waals surface area contributed by atoms with Gasteiger partial charge in [-0.05, 0) is 25.1 Å². The number of benzene rings is 1. The Bertz CT molecular complexity index is 945. The van der Waals surface area contributed by atoms with Crippen molar-refractivity contribution in [3.8, 4) is 5.75 Å². The van der Waals surface area contributed by atoms with Crippen LogP contribution in [0.15, 0.2) is 28.7 Å². The molecule has 0 aliphatic rings. The summed E-state index contributed by atoms with van der Waals surface area (Å²) in [6, 6.07) is 7.37. The number of fused-ring (bicyclic) bond motifs is 1. The predicted molar refractivity (Wildman–Crippen MR) is 97.4 cm³/mol. The third kappa shape index (κ3) is 3.12. The normalized spacial score (nSPS) is 11.8. The summed E-state index contributed by atoms with van der Waals surface area (Å²) in [7, 11) is 3.42. The molecule has 2 heterocycles. The van der Waals surface area contributed by atoms with E-state index in [1.807, 2.05) is 25.1 Å². The summed E-state index contributed by atoms with van der Waals surface area (Å²) in [5.74, 6) is 1.36. The van der Waals surface area contributed by atoms with Crippen LogP contribution in [0.3, 0.4) is 0 Å². The molecule has 0 aliphatic heterocycles. The van der Waals surface area contributed by atoms with Gasteiger partial charge in [-0.2, -0.15) is 5.10 Å². The highest BCUT2D eigenvalue weighted by molar-refractivity contribution is 6.06. The van der Waals surface area contributed by atoms with Gasteiger partial charge < -0.3 is 14.5 Å². The molecule has 3 rings (SSSR count). The Morgan fingerprint density at radius 1 is 1.28 bits per heavy atom. The Hall–Kier alpha value is -2.76. The molecule has 0 aliphatic carbocycles. The van der Waals surface area contributed by atoms with Crippen molar-refractivity contribution in [2.24, 2.45) is 7.05 Å². The van der Waals surface area contributed by atoms with E-state index in [2.05, 4.69) is 31.2 Å². The second-order valence-electron chi connectivity index (χ2n) is 7.16. The van der Waals surface area contributed by atoms with E-state index in [0.717, 1.165) is 22.4 Å². The predicted octanol–water partition coefficient (Wildman–Crippen LogP) is 4.03. The lowest BCUT2D eigenvalue weighted by atomic mass is 9.92. The van der Waals surface area contributed by atoms with Crippen molar-refractivity contribution in [3.05, 3.63) is 41.3 Å². The Kier molecular flexibility index (Phi) is 4.06. The van der Waals surface area contributed by atoms with Gasteiger partial charge in [0.05, 0.1) is 12.8 Å². The second kappa shape index (κ2) is 5.95. The number of nitrogens with zero attached hydrogens (tertiary/aromatic N) is 2.